The molecule has 0 atom stereocenters. The summed E-state index contributed by atoms with van der Waals surface area (Å²) in [4.78, 5) is 4.46. The van der Waals surface area contributed by atoms with Crippen LogP contribution in [0.15, 0.2) is 67.0 Å². The number of methoxy groups -OCH3 is 1. The number of hydrogen-bond donors (Lipinski definition) is 2. The fraction of sp³-hybridized carbons (Fsp3) is 0.100. The van der Waals surface area contributed by atoms with Crippen molar-refractivity contribution in [2.45, 2.75) is 6.54 Å². The van der Waals surface area contributed by atoms with Crippen molar-refractivity contribution in [3.63, 3.8) is 0 Å². The summed E-state index contributed by atoms with van der Waals surface area (Å²) >= 11 is 0. The Morgan fingerprint density at radius 2 is 1.81 bits per heavy atom. The van der Waals surface area contributed by atoms with Crippen LogP contribution in [0.3, 0.4) is 0 Å². The Balaban J connectivity index is 1.61. The number of aromatic hydroxyl groups is 1. The molecule has 130 valence electrons. The van der Waals surface area contributed by atoms with Gasteiger partial charge in [0, 0.05) is 18.3 Å². The molecule has 4 rings (SSSR count). The predicted molar refractivity (Wildman–Crippen MR) is 100 cm³/mol. The van der Waals surface area contributed by atoms with E-state index in [1.165, 1.54) is 0 Å². The number of anilines is 1. The predicted octanol–water partition coefficient (Wildman–Crippen LogP) is 3.72. The SMILES string of the molecule is COc1ccc(CNc2ccnc3c(-c4ccc(O)cc4)cnn23)cc1. The first-order chi connectivity index (χ1) is 12.7. The van der Waals surface area contributed by atoms with Crippen LogP contribution in [0.5, 0.6) is 11.5 Å². The number of nitrogens with zero attached hydrogens (tertiary/aromatic N) is 3. The van der Waals surface area contributed by atoms with E-state index < -0.39 is 0 Å². The minimum absolute atomic E-state index is 0.236. The second kappa shape index (κ2) is 6.76. The van der Waals surface area contributed by atoms with Gasteiger partial charge in [0.15, 0.2) is 5.65 Å². The van der Waals surface area contributed by atoms with Gasteiger partial charge in [0.1, 0.15) is 17.3 Å². The minimum Gasteiger partial charge on any atom is -0.508 e. The molecule has 2 heterocycles. The third-order valence-electron chi connectivity index (χ3n) is 4.21. The van der Waals surface area contributed by atoms with Gasteiger partial charge in [-0.15, -0.1) is 0 Å². The first-order valence-corrected chi connectivity index (χ1v) is 8.23. The second-order valence-corrected chi connectivity index (χ2v) is 5.87. The Kier molecular flexibility index (Phi) is 4.15. The Morgan fingerprint density at radius 1 is 1.04 bits per heavy atom. The molecule has 6 nitrogen and oxygen atoms in total. The normalized spacial score (nSPS) is 10.8. The quantitative estimate of drug-likeness (QED) is 0.576. The van der Waals surface area contributed by atoms with E-state index >= 15 is 0 Å². The molecule has 2 aromatic heterocycles. The van der Waals surface area contributed by atoms with Crippen LogP contribution in [0.4, 0.5) is 5.82 Å². The van der Waals surface area contributed by atoms with Gasteiger partial charge in [-0.1, -0.05) is 24.3 Å². The fourth-order valence-corrected chi connectivity index (χ4v) is 2.81. The molecule has 26 heavy (non-hydrogen) atoms. The summed E-state index contributed by atoms with van der Waals surface area (Å²) in [6.45, 7) is 0.664. The van der Waals surface area contributed by atoms with Crippen LogP contribution >= 0.6 is 0 Å². The molecule has 2 aromatic carbocycles. The van der Waals surface area contributed by atoms with Crippen molar-refractivity contribution in [2.75, 3.05) is 12.4 Å². The Bertz CT molecular complexity index is 1020. The summed E-state index contributed by atoms with van der Waals surface area (Å²) < 4.78 is 6.97. The molecule has 0 bridgehead atoms. The van der Waals surface area contributed by atoms with E-state index in [4.69, 9.17) is 4.74 Å². The molecule has 4 aromatic rings. The van der Waals surface area contributed by atoms with Crippen molar-refractivity contribution in [3.8, 4) is 22.6 Å². The maximum atomic E-state index is 9.47. The van der Waals surface area contributed by atoms with E-state index in [9.17, 15) is 5.11 Å². The Morgan fingerprint density at radius 3 is 2.54 bits per heavy atom. The standard InChI is InChI=1S/C20H18N4O2/c1-26-17-8-2-14(3-9-17)12-22-19-10-11-21-20-18(13-23-24(19)20)15-4-6-16(25)7-5-15/h2-11,13,22,25H,12H2,1H3. The lowest BCUT2D eigenvalue weighted by molar-refractivity contribution is 0.414. The molecule has 0 radical (unpaired) electrons. The zero-order valence-electron chi connectivity index (χ0n) is 14.3. The molecule has 6 heteroatoms. The van der Waals surface area contributed by atoms with Crippen LogP contribution in [0, 0.1) is 0 Å². The minimum atomic E-state index is 0.236. The summed E-state index contributed by atoms with van der Waals surface area (Å²) in [5, 5.41) is 17.3. The molecule has 0 unspecified atom stereocenters. The Hall–Kier alpha value is -3.54. The van der Waals surface area contributed by atoms with Gasteiger partial charge >= 0.3 is 0 Å². The number of rotatable bonds is 5. The van der Waals surface area contributed by atoms with Crippen molar-refractivity contribution >= 4 is 11.5 Å². The third kappa shape index (κ3) is 3.04. The van der Waals surface area contributed by atoms with Gasteiger partial charge in [0.25, 0.3) is 0 Å². The molecular weight excluding hydrogens is 328 g/mol. The number of benzene rings is 2. The van der Waals surface area contributed by atoms with Crippen LogP contribution in [0.2, 0.25) is 0 Å². The largest absolute Gasteiger partial charge is 0.508 e. The van der Waals surface area contributed by atoms with Gasteiger partial charge in [0.2, 0.25) is 0 Å². The second-order valence-electron chi connectivity index (χ2n) is 5.87. The van der Waals surface area contributed by atoms with Crippen LogP contribution in [0.25, 0.3) is 16.8 Å². The fourth-order valence-electron chi connectivity index (χ4n) is 2.81. The number of aromatic nitrogens is 3. The van der Waals surface area contributed by atoms with Gasteiger partial charge in [-0.25, -0.2) is 4.98 Å². The smallest absolute Gasteiger partial charge is 0.165 e. The Labute approximate surface area is 150 Å². The summed E-state index contributed by atoms with van der Waals surface area (Å²) in [5.41, 5.74) is 3.77. The first kappa shape index (κ1) is 16.0. The number of fused-ring (bicyclic) bond motifs is 1. The average Bonchev–Trinajstić information content (AvgIpc) is 3.12. The zero-order chi connectivity index (χ0) is 17.9. The van der Waals surface area contributed by atoms with E-state index in [0.717, 1.165) is 33.9 Å². The highest BCUT2D eigenvalue weighted by atomic mass is 16.5. The summed E-state index contributed by atoms with van der Waals surface area (Å²) in [5.74, 6) is 1.93. The van der Waals surface area contributed by atoms with E-state index in [1.807, 2.05) is 42.5 Å². The van der Waals surface area contributed by atoms with Gasteiger partial charge in [0.05, 0.1) is 13.3 Å². The van der Waals surface area contributed by atoms with Crippen molar-refractivity contribution in [1.29, 1.82) is 0 Å². The lowest BCUT2D eigenvalue weighted by Crippen LogP contribution is -2.05. The lowest BCUT2D eigenvalue weighted by Gasteiger charge is -2.09. The third-order valence-corrected chi connectivity index (χ3v) is 4.21. The highest BCUT2D eigenvalue weighted by molar-refractivity contribution is 5.78. The summed E-state index contributed by atoms with van der Waals surface area (Å²) in [6, 6.07) is 16.8. The van der Waals surface area contributed by atoms with Crippen LogP contribution < -0.4 is 10.1 Å². The van der Waals surface area contributed by atoms with Crippen LogP contribution in [0.1, 0.15) is 5.56 Å². The van der Waals surface area contributed by atoms with Gasteiger partial charge in [-0.3, -0.25) is 0 Å². The molecule has 0 saturated carbocycles. The number of ether oxygens (including phenoxy) is 1. The van der Waals surface area contributed by atoms with Crippen molar-refractivity contribution in [3.05, 3.63) is 72.6 Å². The highest BCUT2D eigenvalue weighted by Gasteiger charge is 2.10. The molecular formula is C20H18N4O2. The molecule has 0 aliphatic rings. The molecule has 0 amide bonds. The van der Waals surface area contributed by atoms with Gasteiger partial charge in [-0.05, 0) is 41.5 Å². The van der Waals surface area contributed by atoms with Crippen molar-refractivity contribution in [2.24, 2.45) is 0 Å². The van der Waals surface area contributed by atoms with Gasteiger partial charge in [-0.2, -0.15) is 9.61 Å². The summed E-state index contributed by atoms with van der Waals surface area (Å²) in [6.07, 6.45) is 3.55. The molecule has 0 fully saturated rings. The lowest BCUT2D eigenvalue weighted by atomic mass is 10.1. The van der Waals surface area contributed by atoms with Crippen LogP contribution in [-0.4, -0.2) is 26.8 Å². The van der Waals surface area contributed by atoms with Gasteiger partial charge < -0.3 is 15.2 Å². The van der Waals surface area contributed by atoms with Crippen molar-refractivity contribution < 1.29 is 9.84 Å². The molecule has 2 N–H and O–H groups in total. The molecule has 0 aliphatic carbocycles. The molecule has 0 aliphatic heterocycles. The van der Waals surface area contributed by atoms with Crippen molar-refractivity contribution in [1.82, 2.24) is 14.6 Å². The summed E-state index contributed by atoms with van der Waals surface area (Å²) in [7, 11) is 1.66. The number of nitrogens with one attached hydrogen (secondary N) is 1. The maximum absolute atomic E-state index is 9.47. The van der Waals surface area contributed by atoms with E-state index in [2.05, 4.69) is 15.4 Å². The number of hydrogen-bond acceptors (Lipinski definition) is 5. The van der Waals surface area contributed by atoms with Crippen LogP contribution in [-0.2, 0) is 6.54 Å². The average molecular weight is 346 g/mol. The molecule has 0 saturated heterocycles. The van der Waals surface area contributed by atoms with E-state index in [0.29, 0.717) is 6.54 Å². The highest BCUT2D eigenvalue weighted by Crippen LogP contribution is 2.26. The molecule has 0 spiro atoms. The zero-order valence-corrected chi connectivity index (χ0v) is 14.3. The van der Waals surface area contributed by atoms with E-state index in [-0.39, 0.29) is 5.75 Å². The topological polar surface area (TPSA) is 71.7 Å². The maximum Gasteiger partial charge on any atom is 0.165 e. The monoisotopic (exact) mass is 346 g/mol. The number of phenolic OH excluding ortho intramolecular Hbond substituents is 1. The number of phenols is 1. The van der Waals surface area contributed by atoms with E-state index in [1.54, 1.807) is 36.2 Å². The first-order valence-electron chi connectivity index (χ1n) is 8.23.